The van der Waals surface area contributed by atoms with E-state index in [-0.39, 0.29) is 11.4 Å². The van der Waals surface area contributed by atoms with Crippen molar-refractivity contribution >= 4 is 0 Å². The number of fused-ring (bicyclic) bond motifs is 3. The van der Waals surface area contributed by atoms with Gasteiger partial charge in [-0.3, -0.25) is 9.69 Å². The lowest BCUT2D eigenvalue weighted by Gasteiger charge is -2.32. The minimum atomic E-state index is -0.302. The van der Waals surface area contributed by atoms with Crippen molar-refractivity contribution in [3.8, 4) is 22.7 Å². The number of morpholine rings is 1. The largest absolute Gasteiger partial charge is 0.492 e. The van der Waals surface area contributed by atoms with Crippen LogP contribution in [0.1, 0.15) is 18.1 Å². The molecule has 0 radical (unpaired) electrons. The van der Waals surface area contributed by atoms with E-state index < -0.39 is 0 Å². The maximum atomic E-state index is 13.9. The second-order valence-electron chi connectivity index (χ2n) is 8.37. The third-order valence-corrected chi connectivity index (χ3v) is 6.24. The number of hydrogen-bond donors (Lipinski definition) is 0. The van der Waals surface area contributed by atoms with Crippen molar-refractivity contribution in [2.24, 2.45) is 0 Å². The quantitative estimate of drug-likeness (QED) is 0.616. The van der Waals surface area contributed by atoms with Gasteiger partial charge in [0.15, 0.2) is 0 Å². The molecule has 0 bridgehead atoms. The maximum absolute atomic E-state index is 13.9. The minimum absolute atomic E-state index is 0.196. The SMILES string of the molecule is CC(COc1ccc(-n2nc3c(cc2=O)CCc2ccc(F)cc2-3)cc1)N1CCOCC1. The van der Waals surface area contributed by atoms with Crippen molar-refractivity contribution in [1.82, 2.24) is 14.7 Å². The number of aryl methyl sites for hydroxylation is 2. The average Bonchev–Trinajstić information content (AvgIpc) is 2.83. The second-order valence-corrected chi connectivity index (χ2v) is 8.37. The third kappa shape index (κ3) is 4.18. The first kappa shape index (κ1) is 20.8. The summed E-state index contributed by atoms with van der Waals surface area (Å²) < 4.78 is 26.6. The zero-order chi connectivity index (χ0) is 22.1. The lowest BCUT2D eigenvalue weighted by Crippen LogP contribution is -2.44. The number of halogens is 1. The maximum Gasteiger partial charge on any atom is 0.271 e. The van der Waals surface area contributed by atoms with Crippen LogP contribution in [0.4, 0.5) is 4.39 Å². The number of nitrogens with zero attached hydrogens (tertiary/aromatic N) is 3. The van der Waals surface area contributed by atoms with E-state index in [4.69, 9.17) is 9.47 Å². The molecule has 0 N–H and O–H groups in total. The van der Waals surface area contributed by atoms with Gasteiger partial charge in [-0.2, -0.15) is 9.78 Å². The van der Waals surface area contributed by atoms with Crippen LogP contribution in [0.15, 0.2) is 53.3 Å². The molecular formula is C25H26FN3O3. The first-order valence-corrected chi connectivity index (χ1v) is 11.1. The molecule has 5 rings (SSSR count). The van der Waals surface area contributed by atoms with Gasteiger partial charge in [-0.25, -0.2) is 4.39 Å². The smallest absolute Gasteiger partial charge is 0.271 e. The van der Waals surface area contributed by atoms with Crippen LogP contribution in [0.2, 0.25) is 0 Å². The lowest BCUT2D eigenvalue weighted by atomic mass is 9.89. The molecule has 2 heterocycles. The molecule has 0 saturated carbocycles. The highest BCUT2D eigenvalue weighted by Gasteiger charge is 2.21. The normalized spacial score (nSPS) is 16.8. The zero-order valence-electron chi connectivity index (χ0n) is 18.1. The Morgan fingerprint density at radius 1 is 1.06 bits per heavy atom. The molecule has 166 valence electrons. The molecule has 3 aromatic rings. The second kappa shape index (κ2) is 8.84. The van der Waals surface area contributed by atoms with Crippen LogP contribution in [-0.4, -0.2) is 53.6 Å². The van der Waals surface area contributed by atoms with Crippen molar-refractivity contribution in [3.63, 3.8) is 0 Å². The Morgan fingerprint density at radius 2 is 1.81 bits per heavy atom. The zero-order valence-corrected chi connectivity index (χ0v) is 18.1. The molecule has 1 aromatic heterocycles. The molecule has 0 spiro atoms. The average molecular weight is 435 g/mol. The summed E-state index contributed by atoms with van der Waals surface area (Å²) >= 11 is 0. The van der Waals surface area contributed by atoms with Gasteiger partial charge in [-0.1, -0.05) is 6.07 Å². The molecule has 2 aliphatic rings. The Bertz CT molecular complexity index is 1170. The van der Waals surface area contributed by atoms with Gasteiger partial charge in [0.25, 0.3) is 5.56 Å². The van der Waals surface area contributed by atoms with Crippen molar-refractivity contribution in [1.29, 1.82) is 0 Å². The Morgan fingerprint density at radius 3 is 2.59 bits per heavy atom. The van der Waals surface area contributed by atoms with E-state index in [1.54, 1.807) is 12.1 Å². The van der Waals surface area contributed by atoms with Crippen LogP contribution in [0, 0.1) is 5.82 Å². The number of benzene rings is 2. The fourth-order valence-corrected chi connectivity index (χ4v) is 4.37. The number of hydrogen-bond acceptors (Lipinski definition) is 5. The van der Waals surface area contributed by atoms with Crippen LogP contribution in [0.25, 0.3) is 16.9 Å². The minimum Gasteiger partial charge on any atom is -0.492 e. The van der Waals surface area contributed by atoms with Crippen LogP contribution in [0.5, 0.6) is 5.75 Å². The first-order valence-electron chi connectivity index (χ1n) is 11.1. The molecule has 2 aromatic carbocycles. The molecule has 1 fully saturated rings. The summed E-state index contributed by atoms with van der Waals surface area (Å²) in [6, 6.07) is 14.0. The molecule has 32 heavy (non-hydrogen) atoms. The number of aromatic nitrogens is 2. The predicted molar refractivity (Wildman–Crippen MR) is 120 cm³/mol. The van der Waals surface area contributed by atoms with Crippen molar-refractivity contribution in [3.05, 3.63) is 75.8 Å². The fraction of sp³-hybridized carbons (Fsp3) is 0.360. The molecule has 1 saturated heterocycles. The van der Waals surface area contributed by atoms with Crippen LogP contribution in [0.3, 0.4) is 0 Å². The van der Waals surface area contributed by atoms with Crippen molar-refractivity contribution in [2.75, 3.05) is 32.9 Å². The summed E-state index contributed by atoms with van der Waals surface area (Å²) in [7, 11) is 0. The van der Waals surface area contributed by atoms with Gasteiger partial charge in [-0.05, 0) is 67.3 Å². The predicted octanol–water partition coefficient (Wildman–Crippen LogP) is 3.24. The highest BCUT2D eigenvalue weighted by Crippen LogP contribution is 2.31. The van der Waals surface area contributed by atoms with Gasteiger partial charge < -0.3 is 9.47 Å². The molecule has 1 aliphatic carbocycles. The molecule has 0 amide bonds. The topological polar surface area (TPSA) is 56.6 Å². The van der Waals surface area contributed by atoms with Gasteiger partial charge in [0, 0.05) is 30.8 Å². The van der Waals surface area contributed by atoms with E-state index in [0.717, 1.165) is 61.6 Å². The first-order chi connectivity index (χ1) is 15.6. The summed E-state index contributed by atoms with van der Waals surface area (Å²) in [5.74, 6) is 0.441. The van der Waals surface area contributed by atoms with E-state index in [2.05, 4.69) is 16.9 Å². The molecule has 1 unspecified atom stereocenters. The van der Waals surface area contributed by atoms with Crippen LogP contribution < -0.4 is 10.3 Å². The van der Waals surface area contributed by atoms with Gasteiger partial charge in [0.2, 0.25) is 0 Å². The highest BCUT2D eigenvalue weighted by atomic mass is 19.1. The third-order valence-electron chi connectivity index (χ3n) is 6.24. The summed E-state index contributed by atoms with van der Waals surface area (Å²) in [4.78, 5) is 15.1. The highest BCUT2D eigenvalue weighted by molar-refractivity contribution is 5.69. The molecule has 1 atom stereocenters. The van der Waals surface area contributed by atoms with E-state index >= 15 is 0 Å². The summed E-state index contributed by atoms with van der Waals surface area (Å²) in [6.45, 7) is 6.10. The Balaban J connectivity index is 1.35. The summed E-state index contributed by atoms with van der Waals surface area (Å²) in [6.07, 6.45) is 1.51. The molecular weight excluding hydrogens is 409 g/mol. The Hall–Kier alpha value is -3.03. The Kier molecular flexibility index (Phi) is 5.76. The molecule has 6 nitrogen and oxygen atoms in total. The number of ether oxygens (including phenoxy) is 2. The van der Waals surface area contributed by atoms with E-state index in [1.807, 2.05) is 24.3 Å². The van der Waals surface area contributed by atoms with Crippen LogP contribution >= 0.6 is 0 Å². The summed E-state index contributed by atoms with van der Waals surface area (Å²) in [5, 5.41) is 4.61. The van der Waals surface area contributed by atoms with Crippen molar-refractivity contribution in [2.45, 2.75) is 25.8 Å². The van der Waals surface area contributed by atoms with Gasteiger partial charge in [-0.15, -0.1) is 0 Å². The van der Waals surface area contributed by atoms with Crippen molar-refractivity contribution < 1.29 is 13.9 Å². The molecule has 1 aliphatic heterocycles. The van der Waals surface area contributed by atoms with Gasteiger partial charge in [0.1, 0.15) is 18.2 Å². The number of rotatable bonds is 5. The fourth-order valence-electron chi connectivity index (χ4n) is 4.37. The van der Waals surface area contributed by atoms with E-state index in [9.17, 15) is 9.18 Å². The summed E-state index contributed by atoms with van der Waals surface area (Å²) in [5.41, 5.74) is 3.80. The van der Waals surface area contributed by atoms with E-state index in [0.29, 0.717) is 24.0 Å². The van der Waals surface area contributed by atoms with Gasteiger partial charge in [0.05, 0.1) is 24.6 Å². The lowest BCUT2D eigenvalue weighted by molar-refractivity contribution is 0.0105. The monoisotopic (exact) mass is 435 g/mol. The van der Waals surface area contributed by atoms with E-state index in [1.165, 1.54) is 16.8 Å². The van der Waals surface area contributed by atoms with Gasteiger partial charge >= 0.3 is 0 Å². The standard InChI is InChI=1S/C25H26FN3O3/c1-17(28-10-12-31-13-11-28)16-32-22-8-6-21(7-9-22)29-24(30)14-19-3-2-18-4-5-20(26)15-23(18)25(19)27-29/h4-9,14-15,17H,2-3,10-13,16H2,1H3. The molecule has 7 heteroatoms. The van der Waals surface area contributed by atoms with Crippen LogP contribution in [-0.2, 0) is 17.6 Å². The Labute approximate surface area is 186 Å².